The van der Waals surface area contributed by atoms with E-state index in [1.165, 1.54) is 6.33 Å². The fourth-order valence-corrected chi connectivity index (χ4v) is 2.07. The Morgan fingerprint density at radius 1 is 1.22 bits per heavy atom. The molecule has 0 saturated carbocycles. The second kappa shape index (κ2) is 8.24. The van der Waals surface area contributed by atoms with Crippen LogP contribution in [0.25, 0.3) is 0 Å². The summed E-state index contributed by atoms with van der Waals surface area (Å²) in [6, 6.07) is 7.79. The minimum atomic E-state index is -0.215. The number of ether oxygens (including phenoxy) is 1. The van der Waals surface area contributed by atoms with Gasteiger partial charge in [0.05, 0.1) is 0 Å². The van der Waals surface area contributed by atoms with Crippen molar-refractivity contribution in [3.63, 3.8) is 0 Å². The van der Waals surface area contributed by atoms with E-state index in [-0.39, 0.29) is 5.91 Å². The molecule has 0 aliphatic heterocycles. The van der Waals surface area contributed by atoms with E-state index in [9.17, 15) is 4.79 Å². The number of anilines is 2. The van der Waals surface area contributed by atoms with Crippen molar-refractivity contribution in [3.8, 4) is 0 Å². The fraction of sp³-hybridized carbons (Fsp3) is 0.353. The van der Waals surface area contributed by atoms with Gasteiger partial charge in [-0.25, -0.2) is 9.97 Å². The molecule has 2 aromatic rings. The van der Waals surface area contributed by atoms with Crippen molar-refractivity contribution in [1.82, 2.24) is 15.3 Å². The lowest BCUT2D eigenvalue weighted by Gasteiger charge is -2.10. The molecular formula is C17H22N4O2. The van der Waals surface area contributed by atoms with Gasteiger partial charge in [-0.05, 0) is 37.5 Å². The van der Waals surface area contributed by atoms with Crippen LogP contribution in [0.15, 0.2) is 30.6 Å². The van der Waals surface area contributed by atoms with Crippen molar-refractivity contribution in [2.75, 3.05) is 25.6 Å². The molecule has 0 radical (unpaired) electrons. The van der Waals surface area contributed by atoms with E-state index in [0.717, 1.165) is 23.2 Å². The first-order valence-corrected chi connectivity index (χ1v) is 7.53. The summed E-state index contributed by atoms with van der Waals surface area (Å²) < 4.78 is 4.95. The van der Waals surface area contributed by atoms with Gasteiger partial charge in [-0.1, -0.05) is 12.1 Å². The van der Waals surface area contributed by atoms with Gasteiger partial charge in [0, 0.05) is 32.0 Å². The van der Waals surface area contributed by atoms with Crippen LogP contribution in [-0.2, 0) is 4.74 Å². The van der Waals surface area contributed by atoms with Crippen molar-refractivity contribution in [2.24, 2.45) is 0 Å². The highest BCUT2D eigenvalue weighted by Crippen LogP contribution is 2.20. The number of carbonyl (C=O) groups excluding carboxylic acids is 1. The van der Waals surface area contributed by atoms with Gasteiger partial charge >= 0.3 is 0 Å². The molecule has 0 saturated heterocycles. The van der Waals surface area contributed by atoms with Gasteiger partial charge in [0.25, 0.3) is 5.91 Å². The number of amides is 1. The lowest BCUT2D eigenvalue weighted by Crippen LogP contribution is -2.26. The quantitative estimate of drug-likeness (QED) is 0.768. The van der Waals surface area contributed by atoms with E-state index >= 15 is 0 Å². The first-order chi connectivity index (χ1) is 11.1. The summed E-state index contributed by atoms with van der Waals surface area (Å²) in [5, 5.41) is 6.04. The zero-order chi connectivity index (χ0) is 16.7. The molecule has 23 heavy (non-hydrogen) atoms. The van der Waals surface area contributed by atoms with Gasteiger partial charge in [-0.15, -0.1) is 0 Å². The van der Waals surface area contributed by atoms with Crippen LogP contribution in [0, 0.1) is 13.8 Å². The van der Waals surface area contributed by atoms with Crippen LogP contribution < -0.4 is 10.6 Å². The highest BCUT2D eigenvalue weighted by Gasteiger charge is 2.09. The third-order valence-electron chi connectivity index (χ3n) is 3.37. The highest BCUT2D eigenvalue weighted by molar-refractivity contribution is 5.92. The number of methoxy groups -OCH3 is 1. The maximum atomic E-state index is 12.1. The van der Waals surface area contributed by atoms with Crippen LogP contribution in [0.3, 0.4) is 0 Å². The first kappa shape index (κ1) is 16.9. The Labute approximate surface area is 136 Å². The second-order valence-electron chi connectivity index (χ2n) is 5.33. The number of carbonyl (C=O) groups is 1. The lowest BCUT2D eigenvalue weighted by molar-refractivity contribution is 0.0943. The molecule has 2 N–H and O–H groups in total. The van der Waals surface area contributed by atoms with E-state index < -0.39 is 0 Å². The summed E-state index contributed by atoms with van der Waals surface area (Å²) in [6.45, 7) is 5.22. The Kier molecular flexibility index (Phi) is 6.05. The van der Waals surface area contributed by atoms with E-state index in [2.05, 4.69) is 26.7 Å². The monoisotopic (exact) mass is 314 g/mol. The smallest absolute Gasteiger partial charge is 0.270 e. The van der Waals surface area contributed by atoms with Gasteiger partial charge in [-0.2, -0.15) is 0 Å². The van der Waals surface area contributed by atoms with Crippen molar-refractivity contribution >= 4 is 17.4 Å². The molecule has 0 unspecified atom stereocenters. The molecule has 6 nitrogen and oxygen atoms in total. The van der Waals surface area contributed by atoms with E-state index in [4.69, 9.17) is 4.74 Å². The molecule has 1 heterocycles. The van der Waals surface area contributed by atoms with Crippen LogP contribution in [0.5, 0.6) is 0 Å². The van der Waals surface area contributed by atoms with Crippen molar-refractivity contribution in [3.05, 3.63) is 47.4 Å². The highest BCUT2D eigenvalue weighted by atomic mass is 16.5. The minimum absolute atomic E-state index is 0.215. The van der Waals surface area contributed by atoms with E-state index in [1.807, 2.05) is 26.0 Å². The number of hydrogen-bond donors (Lipinski definition) is 2. The molecule has 2 rings (SSSR count). The third kappa shape index (κ3) is 5.03. The Bertz CT molecular complexity index is 673. The number of benzene rings is 1. The van der Waals surface area contributed by atoms with Crippen LogP contribution in [-0.4, -0.2) is 36.1 Å². The Balaban J connectivity index is 2.04. The summed E-state index contributed by atoms with van der Waals surface area (Å²) in [6.07, 6.45) is 2.15. The van der Waals surface area contributed by atoms with Gasteiger partial charge in [0.15, 0.2) is 0 Å². The molecule has 1 aromatic carbocycles. The first-order valence-electron chi connectivity index (χ1n) is 7.53. The SMILES string of the molecule is COCCCNC(=O)c1cc(Nc2cc(C)ccc2C)ncn1. The van der Waals surface area contributed by atoms with Crippen LogP contribution in [0.1, 0.15) is 28.0 Å². The molecule has 6 heteroatoms. The Morgan fingerprint density at radius 2 is 2.04 bits per heavy atom. The average molecular weight is 314 g/mol. The van der Waals surface area contributed by atoms with Gasteiger partial charge < -0.3 is 15.4 Å². The molecule has 122 valence electrons. The van der Waals surface area contributed by atoms with Gasteiger partial charge in [0.1, 0.15) is 17.8 Å². The Hall–Kier alpha value is -2.47. The van der Waals surface area contributed by atoms with E-state index in [0.29, 0.717) is 24.7 Å². The molecule has 0 aliphatic carbocycles. The minimum Gasteiger partial charge on any atom is -0.385 e. The van der Waals surface area contributed by atoms with Crippen LogP contribution in [0.2, 0.25) is 0 Å². The normalized spacial score (nSPS) is 10.4. The maximum Gasteiger partial charge on any atom is 0.270 e. The molecule has 0 atom stereocenters. The number of aryl methyl sites for hydroxylation is 2. The predicted octanol–water partition coefficient (Wildman–Crippen LogP) is 2.60. The number of nitrogens with one attached hydrogen (secondary N) is 2. The standard InChI is InChI=1S/C17H22N4O2/c1-12-5-6-13(2)14(9-12)21-16-10-15(19-11-20-16)17(22)18-7-4-8-23-3/h5-6,9-11H,4,7-8H2,1-3H3,(H,18,22)(H,19,20,21). The zero-order valence-corrected chi connectivity index (χ0v) is 13.7. The van der Waals surface area contributed by atoms with Crippen LogP contribution >= 0.6 is 0 Å². The molecule has 0 spiro atoms. The zero-order valence-electron chi connectivity index (χ0n) is 13.7. The average Bonchev–Trinajstić information content (AvgIpc) is 2.55. The Morgan fingerprint density at radius 3 is 2.83 bits per heavy atom. The molecule has 1 amide bonds. The lowest BCUT2D eigenvalue weighted by atomic mass is 10.1. The number of nitrogens with zero attached hydrogens (tertiary/aromatic N) is 2. The van der Waals surface area contributed by atoms with E-state index in [1.54, 1.807) is 13.2 Å². The number of aromatic nitrogens is 2. The second-order valence-corrected chi connectivity index (χ2v) is 5.33. The molecule has 0 fully saturated rings. The molecule has 0 aliphatic rings. The molecule has 0 bridgehead atoms. The summed E-state index contributed by atoms with van der Waals surface area (Å²) in [5.41, 5.74) is 3.57. The summed E-state index contributed by atoms with van der Waals surface area (Å²) in [7, 11) is 1.64. The van der Waals surface area contributed by atoms with Crippen molar-refractivity contribution in [2.45, 2.75) is 20.3 Å². The topological polar surface area (TPSA) is 76.1 Å². The van der Waals surface area contributed by atoms with Crippen molar-refractivity contribution in [1.29, 1.82) is 0 Å². The van der Waals surface area contributed by atoms with Gasteiger partial charge in [-0.3, -0.25) is 4.79 Å². The largest absolute Gasteiger partial charge is 0.385 e. The number of rotatable bonds is 7. The number of hydrogen-bond acceptors (Lipinski definition) is 5. The van der Waals surface area contributed by atoms with Gasteiger partial charge in [0.2, 0.25) is 0 Å². The molecular weight excluding hydrogens is 292 g/mol. The summed E-state index contributed by atoms with van der Waals surface area (Å²) in [5.74, 6) is 0.378. The van der Waals surface area contributed by atoms with Crippen molar-refractivity contribution < 1.29 is 9.53 Å². The van der Waals surface area contributed by atoms with Crippen LogP contribution in [0.4, 0.5) is 11.5 Å². The maximum absolute atomic E-state index is 12.1. The summed E-state index contributed by atoms with van der Waals surface area (Å²) in [4.78, 5) is 20.3. The third-order valence-corrected chi connectivity index (χ3v) is 3.37. The predicted molar refractivity (Wildman–Crippen MR) is 90.1 cm³/mol. The fourth-order valence-electron chi connectivity index (χ4n) is 2.07. The summed E-state index contributed by atoms with van der Waals surface area (Å²) >= 11 is 0. The molecule has 1 aromatic heterocycles.